The van der Waals surface area contributed by atoms with Crippen molar-refractivity contribution < 1.29 is 4.79 Å². The summed E-state index contributed by atoms with van der Waals surface area (Å²) in [7, 11) is 0. The molecule has 0 heterocycles. The zero-order valence-corrected chi connectivity index (χ0v) is 14.8. The quantitative estimate of drug-likeness (QED) is 0.650. The van der Waals surface area contributed by atoms with Crippen molar-refractivity contribution in [2.75, 3.05) is 5.32 Å². The molecule has 1 aliphatic rings. The summed E-state index contributed by atoms with van der Waals surface area (Å²) in [6.07, 6.45) is 0. The van der Waals surface area contributed by atoms with E-state index in [0.717, 1.165) is 5.69 Å². The van der Waals surface area contributed by atoms with Crippen LogP contribution in [0.5, 0.6) is 0 Å². The molecular weight excluding hydrogens is 306 g/mol. The number of rotatable bonds is 2. The average Bonchev–Trinajstić information content (AvgIpc) is 2.84. The van der Waals surface area contributed by atoms with Gasteiger partial charge in [-0.2, -0.15) is 0 Å². The normalized spacial score (nSPS) is 13.9. The molecule has 0 atom stereocenters. The lowest BCUT2D eigenvalue weighted by molar-refractivity contribution is -0.114. The third kappa shape index (κ3) is 2.45. The van der Waals surface area contributed by atoms with Gasteiger partial charge in [-0.05, 0) is 45.5 Å². The molecule has 2 heteroatoms. The second-order valence-corrected chi connectivity index (χ2v) is 7.16. The van der Waals surface area contributed by atoms with Crippen LogP contribution in [0.4, 0.5) is 5.69 Å². The van der Waals surface area contributed by atoms with Crippen LogP contribution in [-0.2, 0) is 10.2 Å². The summed E-state index contributed by atoms with van der Waals surface area (Å²) in [6, 6.07) is 23.3. The van der Waals surface area contributed by atoms with Crippen molar-refractivity contribution in [1.29, 1.82) is 0 Å². The molecule has 1 aliphatic carbocycles. The molecule has 0 saturated heterocycles. The molecule has 1 N–H and O–H groups in total. The second-order valence-electron chi connectivity index (χ2n) is 7.16. The van der Waals surface area contributed by atoms with E-state index < -0.39 is 0 Å². The first-order valence-electron chi connectivity index (χ1n) is 8.60. The molecule has 1 amide bonds. The molecule has 0 saturated carbocycles. The summed E-state index contributed by atoms with van der Waals surface area (Å²) >= 11 is 0. The number of benzene rings is 3. The molecule has 0 unspecified atom stereocenters. The topological polar surface area (TPSA) is 29.1 Å². The van der Waals surface area contributed by atoms with Crippen LogP contribution < -0.4 is 5.32 Å². The van der Waals surface area contributed by atoms with Crippen LogP contribution in [0.1, 0.15) is 31.9 Å². The molecule has 25 heavy (non-hydrogen) atoms. The van der Waals surface area contributed by atoms with Gasteiger partial charge < -0.3 is 5.32 Å². The summed E-state index contributed by atoms with van der Waals surface area (Å²) < 4.78 is 0. The molecule has 0 radical (unpaired) electrons. The highest BCUT2D eigenvalue weighted by Crippen LogP contribution is 2.51. The molecule has 124 valence electrons. The first-order valence-corrected chi connectivity index (χ1v) is 8.60. The third-order valence-corrected chi connectivity index (χ3v) is 5.10. The summed E-state index contributed by atoms with van der Waals surface area (Å²) in [5, 5.41) is 2.83. The van der Waals surface area contributed by atoms with Gasteiger partial charge >= 0.3 is 0 Å². The highest BCUT2D eigenvalue weighted by Gasteiger charge is 2.37. The molecule has 0 spiro atoms. The van der Waals surface area contributed by atoms with Crippen LogP contribution in [0.25, 0.3) is 22.3 Å². The number of fused-ring (bicyclic) bond motifs is 3. The van der Waals surface area contributed by atoms with E-state index in [1.807, 2.05) is 12.1 Å². The van der Waals surface area contributed by atoms with Gasteiger partial charge in [-0.25, -0.2) is 0 Å². The van der Waals surface area contributed by atoms with Crippen molar-refractivity contribution in [3.05, 3.63) is 77.9 Å². The Hall–Kier alpha value is -2.87. The Bertz CT molecular complexity index is 968. The van der Waals surface area contributed by atoms with Gasteiger partial charge in [-0.1, -0.05) is 68.4 Å². The first-order chi connectivity index (χ1) is 12.0. The van der Waals surface area contributed by atoms with E-state index >= 15 is 0 Å². The van der Waals surface area contributed by atoms with E-state index in [2.05, 4.69) is 73.8 Å². The van der Waals surface area contributed by atoms with E-state index in [0.29, 0.717) is 0 Å². The average molecular weight is 327 g/mol. The minimum absolute atomic E-state index is 0.0289. The molecule has 0 aliphatic heterocycles. The summed E-state index contributed by atoms with van der Waals surface area (Å²) in [4.78, 5) is 11.2. The Morgan fingerprint density at radius 2 is 1.44 bits per heavy atom. The van der Waals surface area contributed by atoms with Crippen molar-refractivity contribution in [2.24, 2.45) is 0 Å². The van der Waals surface area contributed by atoms with E-state index in [1.54, 1.807) is 0 Å². The lowest BCUT2D eigenvalue weighted by atomic mass is 9.79. The number of anilines is 1. The SMILES string of the molecule is CC(=O)Nc1ccc(-c2cccc3c2C(C)(C)c2ccccc2-3)cc1. The van der Waals surface area contributed by atoms with Gasteiger partial charge in [0.1, 0.15) is 0 Å². The standard InChI is InChI=1S/C23H21NO/c1-15(25)24-17-13-11-16(12-14-17)18-8-6-9-20-19-7-4-5-10-21(19)23(2,3)22(18)20/h4-14H,1-3H3,(H,24,25). The molecule has 3 aromatic rings. The fraction of sp³-hybridized carbons (Fsp3) is 0.174. The van der Waals surface area contributed by atoms with Crippen LogP contribution >= 0.6 is 0 Å². The molecule has 4 rings (SSSR count). The zero-order valence-electron chi connectivity index (χ0n) is 14.8. The summed E-state index contributed by atoms with van der Waals surface area (Å²) in [6.45, 7) is 6.12. The molecular formula is C23H21NO. The maximum atomic E-state index is 11.2. The molecule has 3 aromatic carbocycles. The van der Waals surface area contributed by atoms with Gasteiger partial charge in [0, 0.05) is 18.0 Å². The largest absolute Gasteiger partial charge is 0.326 e. The van der Waals surface area contributed by atoms with Gasteiger partial charge in [0.15, 0.2) is 0 Å². The second kappa shape index (κ2) is 5.59. The van der Waals surface area contributed by atoms with Crippen molar-refractivity contribution in [2.45, 2.75) is 26.2 Å². The Labute approximate surface area is 148 Å². The lowest BCUT2D eigenvalue weighted by Crippen LogP contribution is -2.16. The zero-order chi connectivity index (χ0) is 17.6. The number of amides is 1. The third-order valence-electron chi connectivity index (χ3n) is 5.10. The fourth-order valence-corrected chi connectivity index (χ4v) is 4.02. The number of carbonyl (C=O) groups excluding carboxylic acids is 1. The first kappa shape index (κ1) is 15.6. The van der Waals surface area contributed by atoms with Crippen molar-refractivity contribution in [1.82, 2.24) is 0 Å². The van der Waals surface area contributed by atoms with Crippen LogP contribution in [0.15, 0.2) is 66.7 Å². The molecule has 0 fully saturated rings. The highest BCUT2D eigenvalue weighted by atomic mass is 16.1. The Balaban J connectivity index is 1.86. The van der Waals surface area contributed by atoms with Crippen molar-refractivity contribution in [3.8, 4) is 22.3 Å². The van der Waals surface area contributed by atoms with E-state index in [9.17, 15) is 4.79 Å². The van der Waals surface area contributed by atoms with Gasteiger partial charge in [-0.15, -0.1) is 0 Å². The molecule has 0 aromatic heterocycles. The van der Waals surface area contributed by atoms with Gasteiger partial charge in [0.05, 0.1) is 0 Å². The van der Waals surface area contributed by atoms with Crippen molar-refractivity contribution >= 4 is 11.6 Å². The minimum Gasteiger partial charge on any atom is -0.326 e. The number of hydrogen-bond donors (Lipinski definition) is 1. The van der Waals surface area contributed by atoms with Crippen molar-refractivity contribution in [3.63, 3.8) is 0 Å². The van der Waals surface area contributed by atoms with E-state index in [4.69, 9.17) is 0 Å². The summed E-state index contributed by atoms with van der Waals surface area (Å²) in [5.74, 6) is -0.0510. The van der Waals surface area contributed by atoms with Gasteiger partial charge in [0.25, 0.3) is 0 Å². The van der Waals surface area contributed by atoms with E-state index in [1.165, 1.54) is 40.3 Å². The van der Waals surface area contributed by atoms with E-state index in [-0.39, 0.29) is 11.3 Å². The van der Waals surface area contributed by atoms with Crippen LogP contribution in [0.2, 0.25) is 0 Å². The Morgan fingerprint density at radius 1 is 0.800 bits per heavy atom. The maximum Gasteiger partial charge on any atom is 0.221 e. The smallest absolute Gasteiger partial charge is 0.221 e. The van der Waals surface area contributed by atoms with Crippen LogP contribution in [0, 0.1) is 0 Å². The highest BCUT2D eigenvalue weighted by molar-refractivity contribution is 5.90. The Morgan fingerprint density at radius 3 is 2.16 bits per heavy atom. The number of carbonyl (C=O) groups is 1. The van der Waals surface area contributed by atoms with Crippen LogP contribution in [-0.4, -0.2) is 5.91 Å². The number of hydrogen-bond acceptors (Lipinski definition) is 1. The maximum absolute atomic E-state index is 11.2. The molecule has 0 bridgehead atoms. The minimum atomic E-state index is -0.0510. The fourth-order valence-electron chi connectivity index (χ4n) is 4.02. The van der Waals surface area contributed by atoms with Gasteiger partial charge in [0.2, 0.25) is 5.91 Å². The van der Waals surface area contributed by atoms with Gasteiger partial charge in [-0.3, -0.25) is 4.79 Å². The van der Waals surface area contributed by atoms with Crippen LogP contribution in [0.3, 0.4) is 0 Å². The molecule has 2 nitrogen and oxygen atoms in total. The summed E-state index contributed by atoms with van der Waals surface area (Å²) in [5.41, 5.74) is 8.64. The monoisotopic (exact) mass is 327 g/mol. The number of nitrogens with one attached hydrogen (secondary N) is 1. The lowest BCUT2D eigenvalue weighted by Gasteiger charge is -2.24. The predicted molar refractivity (Wildman–Crippen MR) is 104 cm³/mol. The Kier molecular flexibility index (Phi) is 3.50. The predicted octanol–water partition coefficient (Wildman–Crippen LogP) is 5.62.